The van der Waals surface area contributed by atoms with E-state index in [0.717, 1.165) is 0 Å². The molecule has 0 unspecified atom stereocenters. The van der Waals surface area contributed by atoms with Crippen LogP contribution in [0.2, 0.25) is 0 Å². The van der Waals surface area contributed by atoms with Gasteiger partial charge < -0.3 is 5.32 Å². The van der Waals surface area contributed by atoms with Gasteiger partial charge in [-0.1, -0.05) is 13.8 Å². The Bertz CT molecular complexity index is 175. The molecule has 0 aromatic heterocycles. The smallest absolute Gasteiger partial charge is 0.0153 e. The molecule has 0 radical (unpaired) electrons. The SMILES string of the molecule is CC(C)NCCCCN1CCCC1(C)C. The summed E-state index contributed by atoms with van der Waals surface area (Å²) in [5, 5.41) is 3.47. The van der Waals surface area contributed by atoms with Gasteiger partial charge in [0.05, 0.1) is 0 Å². The zero-order valence-corrected chi connectivity index (χ0v) is 11.0. The maximum Gasteiger partial charge on any atom is 0.0153 e. The summed E-state index contributed by atoms with van der Waals surface area (Å²) < 4.78 is 0. The third kappa shape index (κ3) is 4.52. The highest BCUT2D eigenvalue weighted by Crippen LogP contribution is 2.27. The summed E-state index contributed by atoms with van der Waals surface area (Å²) in [4.78, 5) is 2.66. The fourth-order valence-corrected chi connectivity index (χ4v) is 2.40. The predicted octanol–water partition coefficient (Wildman–Crippen LogP) is 2.64. The van der Waals surface area contributed by atoms with Crippen molar-refractivity contribution in [2.24, 2.45) is 0 Å². The van der Waals surface area contributed by atoms with Crippen molar-refractivity contribution in [3.63, 3.8) is 0 Å². The van der Waals surface area contributed by atoms with Crippen LogP contribution in [0.4, 0.5) is 0 Å². The third-order valence-electron chi connectivity index (χ3n) is 3.48. The van der Waals surface area contributed by atoms with Crippen LogP contribution in [-0.2, 0) is 0 Å². The second-order valence-electron chi connectivity index (χ2n) is 5.72. The van der Waals surface area contributed by atoms with E-state index < -0.39 is 0 Å². The zero-order valence-electron chi connectivity index (χ0n) is 11.0. The molecular weight excluding hydrogens is 184 g/mol. The monoisotopic (exact) mass is 212 g/mol. The molecule has 2 nitrogen and oxygen atoms in total. The Morgan fingerprint density at radius 2 is 2.00 bits per heavy atom. The van der Waals surface area contributed by atoms with Gasteiger partial charge in [0.25, 0.3) is 0 Å². The van der Waals surface area contributed by atoms with Gasteiger partial charge in [-0.2, -0.15) is 0 Å². The summed E-state index contributed by atoms with van der Waals surface area (Å²) in [5.74, 6) is 0. The fourth-order valence-electron chi connectivity index (χ4n) is 2.40. The van der Waals surface area contributed by atoms with Crippen molar-refractivity contribution in [1.29, 1.82) is 0 Å². The van der Waals surface area contributed by atoms with Gasteiger partial charge in [0.1, 0.15) is 0 Å². The minimum atomic E-state index is 0.464. The van der Waals surface area contributed by atoms with Crippen molar-refractivity contribution in [2.45, 2.75) is 65.0 Å². The third-order valence-corrected chi connectivity index (χ3v) is 3.48. The van der Waals surface area contributed by atoms with Gasteiger partial charge in [0.2, 0.25) is 0 Å². The molecule has 15 heavy (non-hydrogen) atoms. The average Bonchev–Trinajstić information content (AvgIpc) is 2.44. The second-order valence-corrected chi connectivity index (χ2v) is 5.72. The van der Waals surface area contributed by atoms with Crippen molar-refractivity contribution in [3.05, 3.63) is 0 Å². The fraction of sp³-hybridized carbons (Fsp3) is 1.00. The molecule has 0 aliphatic carbocycles. The van der Waals surface area contributed by atoms with Crippen LogP contribution in [0.3, 0.4) is 0 Å². The number of likely N-dealkylation sites (tertiary alicyclic amines) is 1. The Balaban J connectivity index is 2.05. The Kier molecular flexibility index (Phi) is 5.07. The van der Waals surface area contributed by atoms with Crippen LogP contribution in [0.1, 0.15) is 53.4 Å². The van der Waals surface area contributed by atoms with Crippen LogP contribution < -0.4 is 5.32 Å². The average molecular weight is 212 g/mol. The van der Waals surface area contributed by atoms with Gasteiger partial charge in [0.15, 0.2) is 0 Å². The minimum absolute atomic E-state index is 0.464. The Morgan fingerprint density at radius 3 is 2.53 bits per heavy atom. The zero-order chi connectivity index (χ0) is 11.3. The molecule has 1 aliphatic heterocycles. The molecule has 0 aromatic carbocycles. The molecule has 1 fully saturated rings. The first-order valence-electron chi connectivity index (χ1n) is 6.51. The molecule has 1 aliphatic rings. The molecule has 1 saturated heterocycles. The molecule has 0 aromatic rings. The Labute approximate surface area is 95.4 Å². The Hall–Kier alpha value is -0.0800. The van der Waals surface area contributed by atoms with E-state index >= 15 is 0 Å². The molecule has 0 saturated carbocycles. The molecule has 0 bridgehead atoms. The van der Waals surface area contributed by atoms with E-state index in [0.29, 0.717) is 11.6 Å². The van der Waals surface area contributed by atoms with Gasteiger partial charge in [-0.15, -0.1) is 0 Å². The highest BCUT2D eigenvalue weighted by Gasteiger charge is 2.30. The summed E-state index contributed by atoms with van der Waals surface area (Å²) >= 11 is 0. The molecule has 0 spiro atoms. The summed E-state index contributed by atoms with van der Waals surface area (Å²) in [6.45, 7) is 13.0. The molecule has 1 heterocycles. The first kappa shape index (κ1) is 13.0. The van der Waals surface area contributed by atoms with Gasteiger partial charge in [-0.05, 0) is 59.2 Å². The van der Waals surface area contributed by atoms with Gasteiger partial charge >= 0.3 is 0 Å². The number of unbranched alkanes of at least 4 members (excludes halogenated alkanes) is 1. The van der Waals surface area contributed by atoms with Crippen LogP contribution in [0, 0.1) is 0 Å². The number of rotatable bonds is 6. The van der Waals surface area contributed by atoms with Crippen molar-refractivity contribution in [2.75, 3.05) is 19.6 Å². The van der Waals surface area contributed by atoms with Gasteiger partial charge in [-0.3, -0.25) is 4.90 Å². The van der Waals surface area contributed by atoms with Gasteiger partial charge in [0, 0.05) is 11.6 Å². The van der Waals surface area contributed by atoms with E-state index in [-0.39, 0.29) is 0 Å². The van der Waals surface area contributed by atoms with E-state index in [1.807, 2.05) is 0 Å². The lowest BCUT2D eigenvalue weighted by Gasteiger charge is -2.31. The highest BCUT2D eigenvalue weighted by molar-refractivity contribution is 4.87. The van der Waals surface area contributed by atoms with E-state index in [1.54, 1.807) is 0 Å². The molecule has 0 atom stereocenters. The van der Waals surface area contributed by atoms with Crippen LogP contribution in [0.15, 0.2) is 0 Å². The van der Waals surface area contributed by atoms with Crippen LogP contribution in [0.5, 0.6) is 0 Å². The normalized spacial score (nSPS) is 21.4. The standard InChI is InChI=1S/C13H28N2/c1-12(2)14-9-5-6-10-15-11-7-8-13(15,3)4/h12,14H,5-11H2,1-4H3. The lowest BCUT2D eigenvalue weighted by atomic mass is 10.0. The first-order valence-corrected chi connectivity index (χ1v) is 6.51. The molecular formula is C13H28N2. The van der Waals surface area contributed by atoms with Gasteiger partial charge in [-0.25, -0.2) is 0 Å². The summed E-state index contributed by atoms with van der Waals surface area (Å²) in [5.41, 5.74) is 0.464. The maximum atomic E-state index is 3.47. The number of hydrogen-bond acceptors (Lipinski definition) is 2. The minimum Gasteiger partial charge on any atom is -0.315 e. The largest absolute Gasteiger partial charge is 0.315 e. The number of nitrogens with one attached hydrogen (secondary N) is 1. The quantitative estimate of drug-likeness (QED) is 0.681. The lowest BCUT2D eigenvalue weighted by molar-refractivity contribution is 0.172. The molecule has 1 rings (SSSR count). The van der Waals surface area contributed by atoms with Crippen LogP contribution >= 0.6 is 0 Å². The molecule has 0 amide bonds. The highest BCUT2D eigenvalue weighted by atomic mass is 15.2. The topological polar surface area (TPSA) is 15.3 Å². The predicted molar refractivity (Wildman–Crippen MR) is 67.3 cm³/mol. The molecule has 1 N–H and O–H groups in total. The second kappa shape index (κ2) is 5.86. The van der Waals surface area contributed by atoms with E-state index in [9.17, 15) is 0 Å². The van der Waals surface area contributed by atoms with Crippen molar-refractivity contribution in [3.8, 4) is 0 Å². The maximum absolute atomic E-state index is 3.47. The van der Waals surface area contributed by atoms with Crippen molar-refractivity contribution in [1.82, 2.24) is 10.2 Å². The molecule has 2 heteroatoms. The van der Waals surface area contributed by atoms with Crippen LogP contribution in [-0.4, -0.2) is 36.1 Å². The van der Waals surface area contributed by atoms with E-state index in [1.165, 1.54) is 45.3 Å². The summed E-state index contributed by atoms with van der Waals surface area (Å²) in [7, 11) is 0. The first-order chi connectivity index (χ1) is 7.02. The Morgan fingerprint density at radius 1 is 1.27 bits per heavy atom. The number of nitrogens with zero attached hydrogens (tertiary/aromatic N) is 1. The van der Waals surface area contributed by atoms with Crippen molar-refractivity contribution >= 4 is 0 Å². The van der Waals surface area contributed by atoms with E-state index in [4.69, 9.17) is 0 Å². The summed E-state index contributed by atoms with van der Waals surface area (Å²) in [6, 6.07) is 0.633. The van der Waals surface area contributed by atoms with E-state index in [2.05, 4.69) is 37.9 Å². The number of hydrogen-bond donors (Lipinski definition) is 1. The summed E-state index contributed by atoms with van der Waals surface area (Å²) in [6.07, 6.45) is 5.41. The molecule has 90 valence electrons. The van der Waals surface area contributed by atoms with Crippen molar-refractivity contribution < 1.29 is 0 Å². The van der Waals surface area contributed by atoms with Crippen LogP contribution in [0.25, 0.3) is 0 Å². The lowest BCUT2D eigenvalue weighted by Crippen LogP contribution is -2.38.